The number of para-hydroxylation sites is 2. The number of aryl methyl sites for hydroxylation is 1. The Morgan fingerprint density at radius 3 is 2.88 bits per heavy atom. The Hall–Kier alpha value is -2.41. The number of hydrogen-bond acceptors (Lipinski definition) is 6. The van der Waals surface area contributed by atoms with E-state index in [1.165, 1.54) is 11.8 Å². The molecule has 0 fully saturated rings. The van der Waals surface area contributed by atoms with Crippen molar-refractivity contribution in [2.24, 2.45) is 0 Å². The maximum atomic E-state index is 13.0. The predicted octanol–water partition coefficient (Wildman–Crippen LogP) is 3.59. The molecule has 4 rings (SSSR count). The summed E-state index contributed by atoms with van der Waals surface area (Å²) in [6.07, 6.45) is 3.36. The molecule has 1 aromatic carbocycles. The Kier molecular flexibility index (Phi) is 4.63. The smallest absolute Gasteiger partial charge is 0.257 e. The van der Waals surface area contributed by atoms with Gasteiger partial charge in [-0.15, -0.1) is 0 Å². The van der Waals surface area contributed by atoms with Gasteiger partial charge in [0.05, 0.1) is 17.5 Å². The number of aromatic nitrogens is 3. The van der Waals surface area contributed by atoms with Crippen molar-refractivity contribution in [3.05, 3.63) is 47.5 Å². The molecule has 0 N–H and O–H groups in total. The van der Waals surface area contributed by atoms with E-state index in [1.807, 2.05) is 49.2 Å². The number of rotatable bonds is 5. The first-order valence-corrected chi connectivity index (χ1v) is 9.70. The first-order chi connectivity index (χ1) is 12.7. The zero-order valence-electron chi connectivity index (χ0n) is 14.8. The highest BCUT2D eigenvalue weighted by Gasteiger charge is 2.31. The highest BCUT2D eigenvalue weighted by atomic mass is 32.2. The molecule has 0 saturated heterocycles. The number of oxazole rings is 1. The molecule has 1 atom stereocenters. The molecule has 0 bridgehead atoms. The Morgan fingerprint density at radius 2 is 2.12 bits per heavy atom. The van der Waals surface area contributed by atoms with Crippen LogP contribution in [0.2, 0.25) is 0 Å². The van der Waals surface area contributed by atoms with Gasteiger partial charge in [-0.05, 0) is 18.6 Å². The molecule has 1 aliphatic heterocycles. The van der Waals surface area contributed by atoms with Crippen LogP contribution in [-0.2, 0) is 24.3 Å². The lowest BCUT2D eigenvalue weighted by atomic mass is 10.3. The average molecular weight is 368 g/mol. The quantitative estimate of drug-likeness (QED) is 0.641. The molecule has 1 aliphatic rings. The number of carbonyl (C=O) groups is 1. The molecule has 0 radical (unpaired) electrons. The van der Waals surface area contributed by atoms with Crippen LogP contribution < -0.4 is 0 Å². The first-order valence-electron chi connectivity index (χ1n) is 8.82. The second kappa shape index (κ2) is 7.07. The normalized spacial score (nSPS) is 14.6. The summed E-state index contributed by atoms with van der Waals surface area (Å²) in [5, 5.41) is 0.312. The van der Waals surface area contributed by atoms with Crippen molar-refractivity contribution in [2.45, 2.75) is 50.3 Å². The summed E-state index contributed by atoms with van der Waals surface area (Å²) >= 11 is 1.39. The van der Waals surface area contributed by atoms with Crippen LogP contribution in [0.25, 0.3) is 11.1 Å². The van der Waals surface area contributed by atoms with Crippen molar-refractivity contribution in [1.82, 2.24) is 19.9 Å². The highest BCUT2D eigenvalue weighted by Crippen LogP contribution is 2.31. The fourth-order valence-corrected chi connectivity index (χ4v) is 4.00. The van der Waals surface area contributed by atoms with E-state index in [1.54, 1.807) is 0 Å². The van der Waals surface area contributed by atoms with Crippen LogP contribution in [-0.4, -0.2) is 31.0 Å². The summed E-state index contributed by atoms with van der Waals surface area (Å²) in [6, 6.07) is 7.63. The maximum Gasteiger partial charge on any atom is 0.257 e. The Morgan fingerprint density at radius 1 is 1.27 bits per heavy atom. The first kappa shape index (κ1) is 17.0. The molecule has 6 nitrogen and oxygen atoms in total. The lowest BCUT2D eigenvalue weighted by Gasteiger charge is -2.20. The minimum absolute atomic E-state index is 0.0933. The summed E-state index contributed by atoms with van der Waals surface area (Å²) in [4.78, 5) is 28.2. The zero-order chi connectivity index (χ0) is 18.1. The van der Waals surface area contributed by atoms with Crippen molar-refractivity contribution >= 4 is 28.8 Å². The summed E-state index contributed by atoms with van der Waals surface area (Å²) in [6.45, 7) is 5.16. The maximum absolute atomic E-state index is 13.0. The summed E-state index contributed by atoms with van der Waals surface area (Å²) in [5.74, 6) is 0.918. The number of thioether (sulfide) groups is 1. The summed E-state index contributed by atoms with van der Waals surface area (Å²) in [5.41, 5.74) is 3.56. The molecule has 3 heterocycles. The molecular weight excluding hydrogens is 348 g/mol. The number of fused-ring (bicyclic) bond motifs is 2. The molecule has 0 aliphatic carbocycles. The van der Waals surface area contributed by atoms with Crippen molar-refractivity contribution < 1.29 is 9.21 Å². The number of amides is 1. The van der Waals surface area contributed by atoms with E-state index >= 15 is 0 Å². The van der Waals surface area contributed by atoms with Crippen LogP contribution in [0.1, 0.15) is 37.4 Å². The minimum atomic E-state index is -0.226. The van der Waals surface area contributed by atoms with Crippen molar-refractivity contribution in [3.8, 4) is 0 Å². The van der Waals surface area contributed by atoms with Crippen LogP contribution >= 0.6 is 11.8 Å². The predicted molar refractivity (Wildman–Crippen MR) is 99.6 cm³/mol. The van der Waals surface area contributed by atoms with Gasteiger partial charge in [-0.2, -0.15) is 0 Å². The third-order valence-electron chi connectivity index (χ3n) is 4.50. The summed E-state index contributed by atoms with van der Waals surface area (Å²) in [7, 11) is 0. The molecule has 1 amide bonds. The van der Waals surface area contributed by atoms with Gasteiger partial charge in [-0.1, -0.05) is 37.7 Å². The van der Waals surface area contributed by atoms with Crippen molar-refractivity contribution in [1.29, 1.82) is 0 Å². The van der Waals surface area contributed by atoms with Crippen LogP contribution in [0.3, 0.4) is 0 Å². The van der Waals surface area contributed by atoms with Gasteiger partial charge >= 0.3 is 0 Å². The van der Waals surface area contributed by atoms with E-state index < -0.39 is 0 Å². The van der Waals surface area contributed by atoms with Gasteiger partial charge in [0.2, 0.25) is 5.91 Å². The van der Waals surface area contributed by atoms with Gasteiger partial charge in [0.25, 0.3) is 5.22 Å². The molecule has 0 spiro atoms. The van der Waals surface area contributed by atoms with E-state index in [4.69, 9.17) is 4.42 Å². The molecule has 0 unspecified atom stereocenters. The molecule has 2 aromatic heterocycles. The molecule has 26 heavy (non-hydrogen) atoms. The fraction of sp³-hybridized carbons (Fsp3) is 0.368. The second-order valence-electron chi connectivity index (χ2n) is 6.27. The van der Waals surface area contributed by atoms with Crippen LogP contribution in [0.5, 0.6) is 0 Å². The number of carbonyl (C=O) groups excluding carboxylic acids is 1. The molecule has 134 valence electrons. The molecule has 0 saturated carbocycles. The van der Waals surface area contributed by atoms with Gasteiger partial charge in [0.15, 0.2) is 5.58 Å². The Labute approximate surface area is 156 Å². The van der Waals surface area contributed by atoms with Crippen molar-refractivity contribution in [3.63, 3.8) is 0 Å². The average Bonchev–Trinajstić information content (AvgIpc) is 3.28. The molecule has 3 aromatic rings. The van der Waals surface area contributed by atoms with Crippen molar-refractivity contribution in [2.75, 3.05) is 0 Å². The van der Waals surface area contributed by atoms with Crippen LogP contribution in [0, 0.1) is 0 Å². The van der Waals surface area contributed by atoms with Crippen LogP contribution in [0.4, 0.5) is 0 Å². The van der Waals surface area contributed by atoms with Gasteiger partial charge in [0.1, 0.15) is 11.3 Å². The monoisotopic (exact) mass is 368 g/mol. The molecule has 7 heteroatoms. The zero-order valence-corrected chi connectivity index (χ0v) is 15.6. The summed E-state index contributed by atoms with van der Waals surface area (Å²) < 4.78 is 5.76. The van der Waals surface area contributed by atoms with Crippen LogP contribution in [0.15, 0.2) is 40.1 Å². The van der Waals surface area contributed by atoms with E-state index in [2.05, 4.69) is 15.0 Å². The number of hydrogen-bond donors (Lipinski definition) is 0. The SMILES string of the molecule is CCc1ncc2c(n1)CN(C(=O)[C@H](CC)Sc1nc3ccccc3o1)C2. The second-order valence-corrected chi connectivity index (χ2v) is 7.42. The van der Waals surface area contributed by atoms with E-state index in [0.717, 1.165) is 34.6 Å². The third-order valence-corrected chi connectivity index (χ3v) is 5.69. The topological polar surface area (TPSA) is 72.1 Å². The van der Waals surface area contributed by atoms with E-state index in [-0.39, 0.29) is 11.2 Å². The van der Waals surface area contributed by atoms with E-state index in [9.17, 15) is 4.79 Å². The number of benzene rings is 1. The highest BCUT2D eigenvalue weighted by molar-refractivity contribution is 8.00. The Balaban J connectivity index is 1.49. The van der Waals surface area contributed by atoms with Gasteiger partial charge < -0.3 is 9.32 Å². The molecular formula is C19H20N4O2S. The van der Waals surface area contributed by atoms with Gasteiger partial charge in [-0.25, -0.2) is 15.0 Å². The lowest BCUT2D eigenvalue weighted by molar-refractivity contribution is -0.131. The fourth-order valence-electron chi connectivity index (χ4n) is 3.06. The lowest BCUT2D eigenvalue weighted by Crippen LogP contribution is -2.33. The van der Waals surface area contributed by atoms with Gasteiger partial charge in [0, 0.05) is 24.7 Å². The van der Waals surface area contributed by atoms with E-state index in [0.29, 0.717) is 24.7 Å². The van der Waals surface area contributed by atoms with Gasteiger partial charge in [-0.3, -0.25) is 4.79 Å². The third kappa shape index (κ3) is 3.19. The largest absolute Gasteiger partial charge is 0.431 e. The number of nitrogens with zero attached hydrogens (tertiary/aromatic N) is 4. The Bertz CT molecular complexity index is 923. The minimum Gasteiger partial charge on any atom is -0.431 e. The standard InChI is InChI=1S/C19H20N4O2S/c1-3-16(26-19-22-13-7-5-6-8-15(13)25-19)18(24)23-10-12-9-20-17(4-2)21-14(12)11-23/h5-9,16H,3-4,10-11H2,1-2H3/t16-/m0/s1.